The molecule has 4 heteroatoms. The van der Waals surface area contributed by atoms with E-state index in [1.807, 2.05) is 24.3 Å². The first-order chi connectivity index (χ1) is 10.8. The van der Waals surface area contributed by atoms with Gasteiger partial charge in [-0.3, -0.25) is 4.98 Å². The van der Waals surface area contributed by atoms with Crippen LogP contribution in [0, 0.1) is 5.82 Å². The fourth-order valence-electron chi connectivity index (χ4n) is 2.49. The van der Waals surface area contributed by atoms with E-state index in [-0.39, 0.29) is 5.82 Å². The Morgan fingerprint density at radius 3 is 2.77 bits per heavy atom. The molecule has 0 fully saturated rings. The summed E-state index contributed by atoms with van der Waals surface area (Å²) in [6.07, 6.45) is 1.62. The average Bonchev–Trinajstić information content (AvgIpc) is 2.54. The summed E-state index contributed by atoms with van der Waals surface area (Å²) in [6, 6.07) is 15.0. The van der Waals surface area contributed by atoms with E-state index >= 15 is 0 Å². The highest BCUT2D eigenvalue weighted by molar-refractivity contribution is 5.91. The van der Waals surface area contributed by atoms with Gasteiger partial charge in [0.25, 0.3) is 0 Å². The van der Waals surface area contributed by atoms with Crippen LogP contribution in [-0.4, -0.2) is 12.1 Å². The summed E-state index contributed by atoms with van der Waals surface area (Å²) < 4.78 is 18.9. The Kier molecular flexibility index (Phi) is 4.30. The fourth-order valence-corrected chi connectivity index (χ4v) is 2.49. The zero-order chi connectivity index (χ0) is 15.4. The van der Waals surface area contributed by atoms with Crippen molar-refractivity contribution in [3.63, 3.8) is 0 Å². The lowest BCUT2D eigenvalue weighted by Crippen LogP contribution is -2.01. The SMILES string of the molecule is COCc1cccc(CNc2ccnc3c(F)cccc23)c1. The van der Waals surface area contributed by atoms with Crippen LogP contribution in [0.15, 0.2) is 54.7 Å². The highest BCUT2D eigenvalue weighted by Crippen LogP contribution is 2.23. The number of fused-ring (bicyclic) bond motifs is 1. The molecule has 3 aromatic rings. The maximum absolute atomic E-state index is 13.8. The third-order valence-corrected chi connectivity index (χ3v) is 3.51. The lowest BCUT2D eigenvalue weighted by Gasteiger charge is -2.10. The Bertz CT molecular complexity index is 789. The molecule has 0 atom stereocenters. The highest BCUT2D eigenvalue weighted by Gasteiger charge is 2.05. The van der Waals surface area contributed by atoms with Gasteiger partial charge in [0.05, 0.1) is 6.61 Å². The summed E-state index contributed by atoms with van der Waals surface area (Å²) in [5.74, 6) is -0.303. The second kappa shape index (κ2) is 6.54. The summed E-state index contributed by atoms with van der Waals surface area (Å²) in [4.78, 5) is 4.10. The number of hydrogen-bond donors (Lipinski definition) is 1. The molecule has 3 rings (SSSR count). The molecule has 0 unspecified atom stereocenters. The number of nitrogens with one attached hydrogen (secondary N) is 1. The maximum atomic E-state index is 13.8. The molecule has 1 aromatic heterocycles. The molecule has 0 spiro atoms. The van der Waals surface area contributed by atoms with Crippen LogP contribution in [-0.2, 0) is 17.9 Å². The number of hydrogen-bond acceptors (Lipinski definition) is 3. The topological polar surface area (TPSA) is 34.1 Å². The van der Waals surface area contributed by atoms with E-state index in [2.05, 4.69) is 22.4 Å². The predicted molar refractivity (Wildman–Crippen MR) is 86.2 cm³/mol. The van der Waals surface area contributed by atoms with E-state index < -0.39 is 0 Å². The van der Waals surface area contributed by atoms with Crippen molar-refractivity contribution in [2.24, 2.45) is 0 Å². The number of halogens is 1. The minimum Gasteiger partial charge on any atom is -0.380 e. The normalized spacial score (nSPS) is 10.8. The van der Waals surface area contributed by atoms with Crippen molar-refractivity contribution in [2.45, 2.75) is 13.2 Å². The number of methoxy groups -OCH3 is 1. The lowest BCUT2D eigenvalue weighted by molar-refractivity contribution is 0.185. The van der Waals surface area contributed by atoms with Gasteiger partial charge in [-0.05, 0) is 23.3 Å². The third-order valence-electron chi connectivity index (χ3n) is 3.51. The van der Waals surface area contributed by atoms with Crippen LogP contribution in [0.4, 0.5) is 10.1 Å². The molecule has 0 saturated heterocycles. The van der Waals surface area contributed by atoms with E-state index in [0.717, 1.165) is 22.2 Å². The van der Waals surface area contributed by atoms with Gasteiger partial charge in [-0.1, -0.05) is 36.4 Å². The molecule has 3 nitrogen and oxygen atoms in total. The first kappa shape index (κ1) is 14.5. The van der Waals surface area contributed by atoms with Crippen molar-refractivity contribution in [3.8, 4) is 0 Å². The largest absolute Gasteiger partial charge is 0.380 e. The minimum atomic E-state index is -0.303. The van der Waals surface area contributed by atoms with Crippen molar-refractivity contribution in [1.82, 2.24) is 4.98 Å². The number of anilines is 1. The molecule has 1 heterocycles. The first-order valence-corrected chi connectivity index (χ1v) is 7.12. The van der Waals surface area contributed by atoms with Crippen LogP contribution in [0.3, 0.4) is 0 Å². The summed E-state index contributed by atoms with van der Waals surface area (Å²) in [5, 5.41) is 4.14. The Hall–Kier alpha value is -2.46. The van der Waals surface area contributed by atoms with Crippen LogP contribution in [0.25, 0.3) is 10.9 Å². The molecule has 1 N–H and O–H groups in total. The zero-order valence-corrected chi connectivity index (χ0v) is 12.3. The van der Waals surface area contributed by atoms with Crippen molar-refractivity contribution < 1.29 is 9.13 Å². The molecule has 0 bridgehead atoms. The molecule has 0 saturated carbocycles. The van der Waals surface area contributed by atoms with Crippen molar-refractivity contribution in [2.75, 3.05) is 12.4 Å². The summed E-state index contributed by atoms with van der Waals surface area (Å²) in [7, 11) is 1.68. The van der Waals surface area contributed by atoms with Crippen LogP contribution in [0.5, 0.6) is 0 Å². The molecule has 0 aliphatic heterocycles. The van der Waals surface area contributed by atoms with Crippen molar-refractivity contribution in [3.05, 3.63) is 71.7 Å². The molecule has 112 valence electrons. The number of aromatic nitrogens is 1. The number of rotatable bonds is 5. The van der Waals surface area contributed by atoms with E-state index in [0.29, 0.717) is 18.7 Å². The number of nitrogens with zero attached hydrogens (tertiary/aromatic N) is 1. The molecular weight excluding hydrogens is 279 g/mol. The number of benzene rings is 2. The standard InChI is InChI=1S/C18H17FN2O/c1-22-12-14-5-2-4-13(10-14)11-21-17-8-9-20-18-15(17)6-3-7-16(18)19/h2-10H,11-12H2,1H3,(H,20,21). The quantitative estimate of drug-likeness (QED) is 0.768. The van der Waals surface area contributed by atoms with Gasteiger partial charge in [0, 0.05) is 30.9 Å². The van der Waals surface area contributed by atoms with Crippen molar-refractivity contribution >= 4 is 16.6 Å². The Morgan fingerprint density at radius 1 is 1.09 bits per heavy atom. The van der Waals surface area contributed by atoms with Gasteiger partial charge in [0.1, 0.15) is 11.3 Å². The van der Waals surface area contributed by atoms with E-state index in [4.69, 9.17) is 4.74 Å². The molecule has 0 amide bonds. The van der Waals surface area contributed by atoms with Gasteiger partial charge in [0.15, 0.2) is 0 Å². The summed E-state index contributed by atoms with van der Waals surface area (Å²) in [5.41, 5.74) is 3.55. The molecule has 0 radical (unpaired) electrons. The van der Waals surface area contributed by atoms with Gasteiger partial charge < -0.3 is 10.1 Å². The van der Waals surface area contributed by atoms with Crippen LogP contribution >= 0.6 is 0 Å². The average molecular weight is 296 g/mol. The first-order valence-electron chi connectivity index (χ1n) is 7.12. The van der Waals surface area contributed by atoms with Gasteiger partial charge >= 0.3 is 0 Å². The van der Waals surface area contributed by atoms with Gasteiger partial charge in [-0.15, -0.1) is 0 Å². The van der Waals surface area contributed by atoms with Gasteiger partial charge in [-0.25, -0.2) is 4.39 Å². The van der Waals surface area contributed by atoms with Gasteiger partial charge in [-0.2, -0.15) is 0 Å². The molecular formula is C18H17FN2O. The summed E-state index contributed by atoms with van der Waals surface area (Å²) in [6.45, 7) is 1.25. The zero-order valence-electron chi connectivity index (χ0n) is 12.3. The second-order valence-electron chi connectivity index (χ2n) is 5.10. The maximum Gasteiger partial charge on any atom is 0.149 e. The Balaban J connectivity index is 1.82. The van der Waals surface area contributed by atoms with Crippen molar-refractivity contribution in [1.29, 1.82) is 0 Å². The third kappa shape index (κ3) is 3.07. The smallest absolute Gasteiger partial charge is 0.149 e. The van der Waals surface area contributed by atoms with Crippen LogP contribution in [0.2, 0.25) is 0 Å². The predicted octanol–water partition coefficient (Wildman–Crippen LogP) is 4.13. The van der Waals surface area contributed by atoms with E-state index in [9.17, 15) is 4.39 Å². The van der Waals surface area contributed by atoms with Crippen LogP contribution in [0.1, 0.15) is 11.1 Å². The van der Waals surface area contributed by atoms with Crippen LogP contribution < -0.4 is 5.32 Å². The van der Waals surface area contributed by atoms with Gasteiger partial charge in [0.2, 0.25) is 0 Å². The number of para-hydroxylation sites is 1. The monoisotopic (exact) mass is 296 g/mol. The molecule has 22 heavy (non-hydrogen) atoms. The number of pyridine rings is 1. The Labute approximate surface area is 128 Å². The molecule has 2 aromatic carbocycles. The number of ether oxygens (including phenoxy) is 1. The van der Waals surface area contributed by atoms with E-state index in [1.165, 1.54) is 6.07 Å². The highest BCUT2D eigenvalue weighted by atomic mass is 19.1. The second-order valence-corrected chi connectivity index (χ2v) is 5.10. The fraction of sp³-hybridized carbons (Fsp3) is 0.167. The molecule has 0 aliphatic carbocycles. The molecule has 0 aliphatic rings. The summed E-state index contributed by atoms with van der Waals surface area (Å²) >= 11 is 0. The van der Waals surface area contributed by atoms with E-state index in [1.54, 1.807) is 19.4 Å². The minimum absolute atomic E-state index is 0.303. The lowest BCUT2D eigenvalue weighted by atomic mass is 10.1. The Morgan fingerprint density at radius 2 is 1.91 bits per heavy atom.